The number of aryl methyl sites for hydroxylation is 2. The topological polar surface area (TPSA) is 86.8 Å². The van der Waals surface area contributed by atoms with Crippen molar-refractivity contribution in [2.75, 3.05) is 17.1 Å². The summed E-state index contributed by atoms with van der Waals surface area (Å²) >= 11 is 6.00. The van der Waals surface area contributed by atoms with Crippen LogP contribution in [-0.4, -0.2) is 49.5 Å². The Morgan fingerprint density at radius 3 is 2.17 bits per heavy atom. The lowest BCUT2D eigenvalue weighted by atomic mass is 10.1. The largest absolute Gasteiger partial charge is 0.350 e. The SMILES string of the molecule is Cc1ccc(N(CCCC(=O)N(Cc2ccc(Cl)cc2)[C@@H](C)C(=O)NC(C)(C)C)S(C)(=O)=O)cc1C. The molecule has 0 saturated heterocycles. The summed E-state index contributed by atoms with van der Waals surface area (Å²) in [7, 11) is -3.54. The molecule has 9 heteroatoms. The molecule has 2 amide bonds. The number of rotatable bonds is 10. The number of carbonyl (C=O) groups is 2. The molecule has 2 aromatic carbocycles. The highest BCUT2D eigenvalue weighted by molar-refractivity contribution is 7.92. The van der Waals surface area contributed by atoms with Crippen LogP contribution in [0.4, 0.5) is 5.69 Å². The van der Waals surface area contributed by atoms with E-state index in [4.69, 9.17) is 11.6 Å². The van der Waals surface area contributed by atoms with Gasteiger partial charge in [-0.2, -0.15) is 0 Å². The van der Waals surface area contributed by atoms with E-state index in [1.165, 1.54) is 9.21 Å². The van der Waals surface area contributed by atoms with Crippen molar-refractivity contribution in [1.29, 1.82) is 0 Å². The van der Waals surface area contributed by atoms with Crippen LogP contribution in [0.3, 0.4) is 0 Å². The molecule has 7 nitrogen and oxygen atoms in total. The number of anilines is 1. The van der Waals surface area contributed by atoms with Gasteiger partial charge in [-0.25, -0.2) is 8.42 Å². The number of amides is 2. The zero-order chi connectivity index (χ0) is 27.3. The molecule has 0 bridgehead atoms. The minimum atomic E-state index is -3.54. The van der Waals surface area contributed by atoms with Gasteiger partial charge in [0.05, 0.1) is 11.9 Å². The van der Waals surface area contributed by atoms with E-state index in [-0.39, 0.29) is 31.3 Å². The van der Waals surface area contributed by atoms with Gasteiger partial charge in [0.25, 0.3) is 0 Å². The number of sulfonamides is 1. The number of hydrogen-bond acceptors (Lipinski definition) is 4. The predicted octanol–water partition coefficient (Wildman–Crippen LogP) is 4.84. The van der Waals surface area contributed by atoms with Crippen LogP contribution in [0.15, 0.2) is 42.5 Å². The molecule has 0 aromatic heterocycles. The fraction of sp³-hybridized carbons (Fsp3) is 0.481. The van der Waals surface area contributed by atoms with Crippen molar-refractivity contribution in [3.05, 3.63) is 64.2 Å². The van der Waals surface area contributed by atoms with Gasteiger partial charge in [-0.15, -0.1) is 0 Å². The average molecular weight is 536 g/mol. The highest BCUT2D eigenvalue weighted by Crippen LogP contribution is 2.22. The van der Waals surface area contributed by atoms with Crippen LogP contribution in [0.5, 0.6) is 0 Å². The lowest BCUT2D eigenvalue weighted by Crippen LogP contribution is -2.52. The van der Waals surface area contributed by atoms with E-state index >= 15 is 0 Å². The smallest absolute Gasteiger partial charge is 0.242 e. The van der Waals surface area contributed by atoms with Crippen LogP contribution in [0, 0.1) is 13.8 Å². The van der Waals surface area contributed by atoms with Gasteiger partial charge >= 0.3 is 0 Å². The van der Waals surface area contributed by atoms with Crippen molar-refractivity contribution in [2.24, 2.45) is 0 Å². The molecule has 0 spiro atoms. The van der Waals surface area contributed by atoms with Crippen LogP contribution >= 0.6 is 11.6 Å². The van der Waals surface area contributed by atoms with Gasteiger partial charge in [-0.3, -0.25) is 13.9 Å². The third-order valence-corrected chi connectivity index (χ3v) is 7.31. The van der Waals surface area contributed by atoms with Crippen molar-refractivity contribution < 1.29 is 18.0 Å². The van der Waals surface area contributed by atoms with Crippen LogP contribution < -0.4 is 9.62 Å². The standard InChI is InChI=1S/C27H38ClN3O4S/c1-19-10-15-24(17-20(19)2)31(36(7,34)35)16-8-9-25(32)30(18-22-11-13-23(28)14-12-22)21(3)26(33)29-27(4,5)6/h10-15,17,21H,8-9,16,18H2,1-7H3,(H,29,33)/t21-/m0/s1. The molecule has 0 radical (unpaired) electrons. The Balaban J connectivity index is 2.20. The Kier molecular flexibility index (Phi) is 9.97. The summed E-state index contributed by atoms with van der Waals surface area (Å²) < 4.78 is 26.3. The highest BCUT2D eigenvalue weighted by atomic mass is 35.5. The Morgan fingerprint density at radius 2 is 1.64 bits per heavy atom. The molecule has 198 valence electrons. The summed E-state index contributed by atoms with van der Waals surface area (Å²) in [5.74, 6) is -0.479. The second kappa shape index (κ2) is 12.1. The Hall–Kier alpha value is -2.58. The first kappa shape index (κ1) is 29.6. The van der Waals surface area contributed by atoms with Gasteiger partial charge in [0.1, 0.15) is 6.04 Å². The number of hydrogen-bond donors (Lipinski definition) is 1. The Bertz CT molecular complexity index is 1170. The van der Waals surface area contributed by atoms with E-state index in [2.05, 4.69) is 5.32 Å². The predicted molar refractivity (Wildman–Crippen MR) is 147 cm³/mol. The zero-order valence-corrected chi connectivity index (χ0v) is 23.8. The maximum Gasteiger partial charge on any atom is 0.242 e. The van der Waals surface area contributed by atoms with E-state index in [0.717, 1.165) is 22.9 Å². The second-order valence-electron chi connectivity index (χ2n) is 10.3. The first-order valence-electron chi connectivity index (χ1n) is 12.0. The molecule has 0 fully saturated rings. The molecule has 0 aliphatic heterocycles. The minimum Gasteiger partial charge on any atom is -0.350 e. The molecule has 0 saturated carbocycles. The Morgan fingerprint density at radius 1 is 1.03 bits per heavy atom. The second-order valence-corrected chi connectivity index (χ2v) is 12.6. The summed E-state index contributed by atoms with van der Waals surface area (Å²) in [6, 6.07) is 11.9. The van der Waals surface area contributed by atoms with E-state index < -0.39 is 21.6 Å². The molecular formula is C27H38ClN3O4S. The summed E-state index contributed by atoms with van der Waals surface area (Å²) in [5, 5.41) is 3.52. The molecule has 36 heavy (non-hydrogen) atoms. The van der Waals surface area contributed by atoms with Crippen molar-refractivity contribution in [3.63, 3.8) is 0 Å². The monoisotopic (exact) mass is 535 g/mol. The van der Waals surface area contributed by atoms with Crippen LogP contribution in [0.25, 0.3) is 0 Å². The Labute approximate surface area is 220 Å². The van der Waals surface area contributed by atoms with Crippen LogP contribution in [0.2, 0.25) is 5.02 Å². The number of halogens is 1. The summed E-state index contributed by atoms with van der Waals surface area (Å²) in [6.07, 6.45) is 1.57. The van der Waals surface area contributed by atoms with Crippen LogP contribution in [0.1, 0.15) is 57.2 Å². The molecule has 0 aliphatic rings. The fourth-order valence-corrected chi connectivity index (χ4v) is 4.81. The lowest BCUT2D eigenvalue weighted by Gasteiger charge is -2.32. The number of benzene rings is 2. The first-order valence-corrected chi connectivity index (χ1v) is 14.2. The van der Waals surface area contributed by atoms with Gasteiger partial charge in [0.15, 0.2) is 0 Å². The molecule has 2 rings (SSSR count). The number of carbonyl (C=O) groups excluding carboxylic acids is 2. The molecule has 1 atom stereocenters. The van der Waals surface area contributed by atoms with Gasteiger partial charge < -0.3 is 10.2 Å². The normalized spacial score (nSPS) is 12.7. The van der Waals surface area contributed by atoms with Crippen molar-refractivity contribution in [3.8, 4) is 0 Å². The molecule has 0 aliphatic carbocycles. The molecule has 0 heterocycles. The maximum atomic E-state index is 13.3. The van der Waals surface area contributed by atoms with Crippen molar-refractivity contribution in [2.45, 2.75) is 72.5 Å². The lowest BCUT2D eigenvalue weighted by molar-refractivity contribution is -0.141. The fourth-order valence-electron chi connectivity index (χ4n) is 3.73. The summed E-state index contributed by atoms with van der Waals surface area (Å²) in [5.41, 5.74) is 3.04. The molecular weight excluding hydrogens is 498 g/mol. The molecule has 0 unspecified atom stereocenters. The third kappa shape index (κ3) is 8.82. The van der Waals surface area contributed by atoms with E-state index in [1.54, 1.807) is 25.1 Å². The number of nitrogens with zero attached hydrogens (tertiary/aromatic N) is 2. The highest BCUT2D eigenvalue weighted by Gasteiger charge is 2.28. The van der Waals surface area contributed by atoms with Gasteiger partial charge in [0, 0.05) is 30.1 Å². The quantitative estimate of drug-likeness (QED) is 0.472. The van der Waals surface area contributed by atoms with Crippen molar-refractivity contribution in [1.82, 2.24) is 10.2 Å². The van der Waals surface area contributed by atoms with Gasteiger partial charge in [-0.1, -0.05) is 29.8 Å². The number of nitrogens with one attached hydrogen (secondary N) is 1. The van der Waals surface area contributed by atoms with Gasteiger partial charge in [0.2, 0.25) is 21.8 Å². The zero-order valence-electron chi connectivity index (χ0n) is 22.3. The van der Waals surface area contributed by atoms with Crippen LogP contribution in [-0.2, 0) is 26.2 Å². The van der Waals surface area contributed by atoms with Gasteiger partial charge in [-0.05, 0) is 88.9 Å². The van der Waals surface area contributed by atoms with E-state index in [0.29, 0.717) is 17.1 Å². The molecule has 1 N–H and O–H groups in total. The average Bonchev–Trinajstić information content (AvgIpc) is 2.75. The van der Waals surface area contributed by atoms with Crippen molar-refractivity contribution >= 4 is 39.1 Å². The summed E-state index contributed by atoms with van der Waals surface area (Å²) in [4.78, 5) is 27.8. The third-order valence-electron chi connectivity index (χ3n) is 5.86. The summed E-state index contributed by atoms with van der Waals surface area (Å²) in [6.45, 7) is 11.6. The van der Waals surface area contributed by atoms with E-state index in [9.17, 15) is 18.0 Å². The first-order chi connectivity index (χ1) is 16.6. The van der Waals surface area contributed by atoms with E-state index in [1.807, 2.05) is 58.9 Å². The molecule has 2 aromatic rings. The maximum absolute atomic E-state index is 13.3. The minimum absolute atomic E-state index is 0.0948.